The summed E-state index contributed by atoms with van der Waals surface area (Å²) in [6.45, 7) is 0. The molecule has 0 spiro atoms. The number of nitrogens with zero attached hydrogens (tertiary/aromatic N) is 4. The van der Waals surface area contributed by atoms with Crippen LogP contribution in [0.5, 0.6) is 0 Å². The fourth-order valence-electron chi connectivity index (χ4n) is 2.33. The van der Waals surface area contributed by atoms with Crippen LogP contribution in [0.1, 0.15) is 5.69 Å². The van der Waals surface area contributed by atoms with Gasteiger partial charge in [-0.05, 0) is 30.4 Å². The van der Waals surface area contributed by atoms with Crippen molar-refractivity contribution in [1.82, 2.24) is 19.2 Å². The molecule has 1 aromatic carbocycles. The van der Waals surface area contributed by atoms with Gasteiger partial charge in [0.2, 0.25) is 0 Å². The third-order valence-electron chi connectivity index (χ3n) is 3.40. The molecule has 9 heteroatoms. The van der Waals surface area contributed by atoms with E-state index in [-0.39, 0.29) is 0 Å². The molecule has 0 N–H and O–H groups in total. The molecule has 3 aromatic heterocycles. The highest BCUT2D eigenvalue weighted by molar-refractivity contribution is 8.00. The van der Waals surface area contributed by atoms with E-state index in [0.717, 1.165) is 19.7 Å². The minimum Gasteiger partial charge on any atom is -0.304 e. The Morgan fingerprint density at radius 2 is 1.96 bits per heavy atom. The SMILES string of the molecule is S=c1sc(SCc2cn3cc(Cl)cc(Cl)c3n2)nn1-c1ccccc1. The second kappa shape index (κ2) is 7.09. The van der Waals surface area contributed by atoms with E-state index < -0.39 is 0 Å². The summed E-state index contributed by atoms with van der Waals surface area (Å²) in [6, 6.07) is 11.6. The molecule has 0 aliphatic carbocycles. The molecule has 25 heavy (non-hydrogen) atoms. The summed E-state index contributed by atoms with van der Waals surface area (Å²) < 4.78 is 5.24. The number of benzene rings is 1. The molecule has 0 aliphatic heterocycles. The van der Waals surface area contributed by atoms with Gasteiger partial charge in [-0.2, -0.15) is 0 Å². The topological polar surface area (TPSA) is 35.1 Å². The molecule has 0 bridgehead atoms. The molecule has 4 aromatic rings. The monoisotopic (exact) mass is 424 g/mol. The van der Waals surface area contributed by atoms with E-state index in [2.05, 4.69) is 10.1 Å². The summed E-state index contributed by atoms with van der Waals surface area (Å²) in [7, 11) is 0. The van der Waals surface area contributed by atoms with Crippen LogP contribution < -0.4 is 0 Å². The maximum Gasteiger partial charge on any atom is 0.184 e. The molecule has 0 aliphatic rings. The smallest absolute Gasteiger partial charge is 0.184 e. The van der Waals surface area contributed by atoms with Gasteiger partial charge in [0.25, 0.3) is 0 Å². The van der Waals surface area contributed by atoms with Crippen molar-refractivity contribution in [3.8, 4) is 5.69 Å². The quantitative estimate of drug-likeness (QED) is 0.301. The van der Waals surface area contributed by atoms with Gasteiger partial charge in [0.15, 0.2) is 13.9 Å². The van der Waals surface area contributed by atoms with Crippen molar-refractivity contribution in [3.63, 3.8) is 0 Å². The number of hydrogen-bond donors (Lipinski definition) is 0. The lowest BCUT2D eigenvalue weighted by molar-refractivity contribution is 0.829. The first-order valence-electron chi connectivity index (χ1n) is 7.21. The van der Waals surface area contributed by atoms with Crippen LogP contribution >= 0.6 is 58.5 Å². The molecule has 3 heterocycles. The molecule has 0 saturated carbocycles. The minimum absolute atomic E-state index is 0.535. The summed E-state index contributed by atoms with van der Waals surface area (Å²) in [6.07, 6.45) is 3.71. The highest BCUT2D eigenvalue weighted by Gasteiger charge is 2.10. The van der Waals surface area contributed by atoms with Gasteiger partial charge >= 0.3 is 0 Å². The number of halogens is 2. The number of thioether (sulfide) groups is 1. The lowest BCUT2D eigenvalue weighted by atomic mass is 10.3. The van der Waals surface area contributed by atoms with Crippen LogP contribution in [0.3, 0.4) is 0 Å². The number of imidazole rings is 1. The Morgan fingerprint density at radius 1 is 1.16 bits per heavy atom. The summed E-state index contributed by atoms with van der Waals surface area (Å²) >= 11 is 20.7. The Morgan fingerprint density at radius 3 is 2.76 bits per heavy atom. The number of aromatic nitrogens is 4. The Bertz CT molecular complexity index is 1100. The third-order valence-corrected chi connectivity index (χ3v) is 6.28. The van der Waals surface area contributed by atoms with Crippen LogP contribution in [-0.2, 0) is 5.75 Å². The fourth-order valence-corrected chi connectivity index (χ4v) is 5.10. The highest BCUT2D eigenvalue weighted by atomic mass is 35.5. The van der Waals surface area contributed by atoms with E-state index in [1.54, 1.807) is 28.7 Å². The zero-order valence-corrected chi connectivity index (χ0v) is 16.6. The number of pyridine rings is 1. The van der Waals surface area contributed by atoms with Crippen LogP contribution in [-0.4, -0.2) is 19.2 Å². The second-order valence-electron chi connectivity index (χ2n) is 5.14. The fraction of sp³-hybridized carbons (Fsp3) is 0.0625. The molecule has 0 atom stereocenters. The zero-order valence-electron chi connectivity index (χ0n) is 12.6. The number of rotatable bonds is 4. The Labute approximate surface area is 167 Å². The van der Waals surface area contributed by atoms with Crippen molar-refractivity contribution in [3.05, 3.63) is 68.5 Å². The molecule has 126 valence electrons. The average Bonchev–Trinajstić information content (AvgIpc) is 3.17. The van der Waals surface area contributed by atoms with Crippen LogP contribution in [0.15, 0.2) is 53.1 Å². The minimum atomic E-state index is 0.535. The Kier molecular flexibility index (Phi) is 4.84. The van der Waals surface area contributed by atoms with Crippen LogP contribution in [0.25, 0.3) is 11.3 Å². The zero-order chi connectivity index (χ0) is 17.4. The van der Waals surface area contributed by atoms with E-state index in [4.69, 9.17) is 35.4 Å². The predicted molar refractivity (Wildman–Crippen MR) is 107 cm³/mol. The van der Waals surface area contributed by atoms with E-state index in [1.165, 1.54) is 11.3 Å². The predicted octanol–water partition coefficient (Wildman–Crippen LogP) is 5.91. The maximum atomic E-state index is 6.18. The second-order valence-corrected chi connectivity index (χ2v) is 8.83. The third kappa shape index (κ3) is 3.61. The van der Waals surface area contributed by atoms with E-state index in [1.807, 2.05) is 40.9 Å². The maximum absolute atomic E-state index is 6.18. The van der Waals surface area contributed by atoms with E-state index in [0.29, 0.717) is 21.4 Å². The number of hydrogen-bond acceptors (Lipinski definition) is 5. The van der Waals surface area contributed by atoms with Gasteiger partial charge in [-0.3, -0.25) is 0 Å². The van der Waals surface area contributed by atoms with Gasteiger partial charge < -0.3 is 4.40 Å². The van der Waals surface area contributed by atoms with Gasteiger partial charge in [-0.1, -0.05) is 64.5 Å². The molecular formula is C16H10Cl2N4S3. The number of para-hydroxylation sites is 1. The van der Waals surface area contributed by atoms with Crippen LogP contribution in [0, 0.1) is 3.95 Å². The summed E-state index contributed by atoms with van der Waals surface area (Å²) in [4.78, 5) is 4.55. The van der Waals surface area contributed by atoms with Gasteiger partial charge in [0, 0.05) is 18.1 Å². The molecular weight excluding hydrogens is 415 g/mol. The van der Waals surface area contributed by atoms with Crippen LogP contribution in [0.2, 0.25) is 10.0 Å². The van der Waals surface area contributed by atoms with E-state index >= 15 is 0 Å². The molecule has 4 rings (SSSR count). The van der Waals surface area contributed by atoms with Crippen molar-refractivity contribution in [2.75, 3.05) is 0 Å². The van der Waals surface area contributed by atoms with E-state index in [9.17, 15) is 0 Å². The van der Waals surface area contributed by atoms with Gasteiger partial charge in [0.05, 0.1) is 21.4 Å². The average molecular weight is 425 g/mol. The molecule has 4 nitrogen and oxygen atoms in total. The first-order valence-corrected chi connectivity index (χ1v) is 10.2. The van der Waals surface area contributed by atoms with Gasteiger partial charge in [0.1, 0.15) is 0 Å². The van der Waals surface area contributed by atoms with Crippen molar-refractivity contribution < 1.29 is 0 Å². The molecule has 0 unspecified atom stereocenters. The Balaban J connectivity index is 1.56. The normalized spacial score (nSPS) is 11.3. The molecule has 0 saturated heterocycles. The first kappa shape index (κ1) is 17.1. The lowest BCUT2D eigenvalue weighted by Crippen LogP contribution is -1.95. The summed E-state index contributed by atoms with van der Waals surface area (Å²) in [5.74, 6) is 0.673. The van der Waals surface area contributed by atoms with Crippen molar-refractivity contribution in [2.24, 2.45) is 0 Å². The van der Waals surface area contributed by atoms with Gasteiger partial charge in [-0.15, -0.1) is 5.10 Å². The summed E-state index contributed by atoms with van der Waals surface area (Å²) in [5, 5.41) is 5.71. The standard InChI is InChI=1S/C16H10Cl2N4S3/c17-10-6-13(18)14-19-11(8-21(14)7-10)9-24-15-20-22(16(23)25-15)12-4-2-1-3-5-12/h1-8H,9H2. The number of fused-ring (bicyclic) bond motifs is 1. The molecule has 0 radical (unpaired) electrons. The molecule has 0 amide bonds. The lowest BCUT2D eigenvalue weighted by Gasteiger charge is -1.98. The van der Waals surface area contributed by atoms with Crippen molar-refractivity contribution in [1.29, 1.82) is 0 Å². The largest absolute Gasteiger partial charge is 0.304 e. The van der Waals surface area contributed by atoms with Crippen LogP contribution in [0.4, 0.5) is 0 Å². The first-order chi connectivity index (χ1) is 12.1. The van der Waals surface area contributed by atoms with Crippen molar-refractivity contribution in [2.45, 2.75) is 10.1 Å². The van der Waals surface area contributed by atoms with Gasteiger partial charge in [-0.25, -0.2) is 9.67 Å². The molecule has 0 fully saturated rings. The summed E-state index contributed by atoms with van der Waals surface area (Å²) in [5.41, 5.74) is 2.57. The van der Waals surface area contributed by atoms with Crippen molar-refractivity contribution >= 4 is 64.2 Å². The highest BCUT2D eigenvalue weighted by Crippen LogP contribution is 2.28. The Hall–Kier alpha value is -1.38.